The third-order valence-corrected chi connectivity index (χ3v) is 7.15. The van der Waals surface area contributed by atoms with E-state index in [1.54, 1.807) is 23.3 Å². The van der Waals surface area contributed by atoms with E-state index in [2.05, 4.69) is 33.7 Å². The van der Waals surface area contributed by atoms with Crippen molar-refractivity contribution in [2.45, 2.75) is 25.8 Å². The molecule has 1 amide bonds. The molecule has 0 bridgehead atoms. The van der Waals surface area contributed by atoms with Crippen molar-refractivity contribution in [2.75, 3.05) is 31.9 Å². The van der Waals surface area contributed by atoms with E-state index >= 15 is 0 Å². The van der Waals surface area contributed by atoms with Gasteiger partial charge in [-0.25, -0.2) is 8.42 Å². The van der Waals surface area contributed by atoms with Crippen molar-refractivity contribution in [1.82, 2.24) is 15.1 Å². The van der Waals surface area contributed by atoms with E-state index < -0.39 is 10.0 Å². The van der Waals surface area contributed by atoms with Gasteiger partial charge in [-0.2, -0.15) is 0 Å². The maximum atomic E-state index is 13.0. The molecule has 8 heteroatoms. The maximum Gasteiger partial charge on any atom is 0.256 e. The van der Waals surface area contributed by atoms with E-state index in [1.165, 1.54) is 5.56 Å². The normalized spacial score (nSPS) is 22.6. The second-order valence-corrected chi connectivity index (χ2v) is 9.93. The van der Waals surface area contributed by atoms with E-state index in [4.69, 9.17) is 0 Å². The van der Waals surface area contributed by atoms with Crippen LogP contribution in [0.25, 0.3) is 0 Å². The Morgan fingerprint density at radius 2 is 1.93 bits per heavy atom. The van der Waals surface area contributed by atoms with Gasteiger partial charge in [0.1, 0.15) is 0 Å². The van der Waals surface area contributed by atoms with Crippen molar-refractivity contribution >= 4 is 21.8 Å². The number of fused-ring (bicyclic) bond motifs is 1. The quantitative estimate of drug-likeness (QED) is 0.777. The van der Waals surface area contributed by atoms with Crippen molar-refractivity contribution in [1.29, 1.82) is 0 Å². The number of hydrogen-bond donors (Lipinski definition) is 1. The topological polar surface area (TPSA) is 82.1 Å². The van der Waals surface area contributed by atoms with Crippen LogP contribution in [0.1, 0.15) is 31.4 Å². The predicted molar refractivity (Wildman–Crippen MR) is 117 cm³/mol. The molecule has 1 fully saturated rings. The molecule has 1 unspecified atom stereocenters. The Kier molecular flexibility index (Phi) is 6.06. The first-order valence-electron chi connectivity index (χ1n) is 10.5. The van der Waals surface area contributed by atoms with Gasteiger partial charge < -0.3 is 10.2 Å². The van der Waals surface area contributed by atoms with Gasteiger partial charge in [-0.05, 0) is 49.6 Å². The highest BCUT2D eigenvalue weighted by atomic mass is 32.2. The Balaban J connectivity index is 1.51. The molecule has 0 radical (unpaired) electrons. The average molecular weight is 429 g/mol. The van der Waals surface area contributed by atoms with Crippen LogP contribution in [-0.2, 0) is 14.8 Å². The summed E-state index contributed by atoms with van der Waals surface area (Å²) in [5.41, 5.74) is 1.46. The minimum atomic E-state index is -3.53. The van der Waals surface area contributed by atoms with Gasteiger partial charge in [0.05, 0.1) is 17.4 Å². The predicted octanol–water partition coefficient (Wildman–Crippen LogP) is 2.07. The largest absolute Gasteiger partial charge is 0.350 e. The highest BCUT2D eigenvalue weighted by molar-refractivity contribution is 7.90. The lowest BCUT2D eigenvalue weighted by Gasteiger charge is -2.37. The Morgan fingerprint density at radius 3 is 2.67 bits per heavy atom. The molecular weight excluding hydrogens is 400 g/mol. The summed E-state index contributed by atoms with van der Waals surface area (Å²) in [4.78, 5) is 17.1. The SMILES string of the molecule is CC1CCN(C(CNC(=O)C2=CC=CN3CCS(=O)(=O)N=C23)c2ccccc2)CC1. The van der Waals surface area contributed by atoms with Crippen LogP contribution in [0.2, 0.25) is 0 Å². The molecule has 1 aromatic carbocycles. The zero-order valence-electron chi connectivity index (χ0n) is 17.2. The lowest BCUT2D eigenvalue weighted by Crippen LogP contribution is -2.45. The van der Waals surface area contributed by atoms with Crippen molar-refractivity contribution < 1.29 is 13.2 Å². The zero-order valence-corrected chi connectivity index (χ0v) is 18.0. The number of likely N-dealkylation sites (tertiary alicyclic amines) is 1. The molecule has 1 aromatic rings. The molecule has 0 spiro atoms. The highest BCUT2D eigenvalue weighted by Crippen LogP contribution is 2.26. The molecule has 0 aromatic heterocycles. The van der Waals surface area contributed by atoms with E-state index in [0.717, 1.165) is 31.8 Å². The summed E-state index contributed by atoms with van der Waals surface area (Å²) in [5.74, 6) is 0.596. The van der Waals surface area contributed by atoms with Crippen molar-refractivity contribution in [2.24, 2.45) is 10.3 Å². The number of rotatable bonds is 5. The molecule has 160 valence electrons. The lowest BCUT2D eigenvalue weighted by atomic mass is 9.95. The van der Waals surface area contributed by atoms with E-state index in [-0.39, 0.29) is 23.5 Å². The summed E-state index contributed by atoms with van der Waals surface area (Å²) in [5, 5.41) is 3.03. The molecule has 0 aliphatic carbocycles. The van der Waals surface area contributed by atoms with Crippen LogP contribution >= 0.6 is 0 Å². The van der Waals surface area contributed by atoms with Crippen molar-refractivity contribution in [3.05, 3.63) is 59.8 Å². The highest BCUT2D eigenvalue weighted by Gasteiger charge is 2.31. The molecule has 3 aliphatic heterocycles. The molecule has 3 heterocycles. The van der Waals surface area contributed by atoms with E-state index in [9.17, 15) is 13.2 Å². The Hall–Kier alpha value is -2.45. The summed E-state index contributed by atoms with van der Waals surface area (Å²) >= 11 is 0. The third kappa shape index (κ3) is 4.65. The second kappa shape index (κ2) is 8.73. The van der Waals surface area contributed by atoms with Crippen LogP contribution in [0, 0.1) is 5.92 Å². The second-order valence-electron chi connectivity index (χ2n) is 8.17. The van der Waals surface area contributed by atoms with Gasteiger partial charge in [0, 0.05) is 19.3 Å². The average Bonchev–Trinajstić information content (AvgIpc) is 2.74. The number of amides is 1. The smallest absolute Gasteiger partial charge is 0.256 e. The molecule has 0 saturated carbocycles. The number of nitrogens with one attached hydrogen (secondary N) is 1. The molecule has 1 saturated heterocycles. The number of benzene rings is 1. The summed E-state index contributed by atoms with van der Waals surface area (Å²) in [6.07, 6.45) is 7.44. The van der Waals surface area contributed by atoms with Crippen LogP contribution in [0.15, 0.2) is 58.7 Å². The van der Waals surface area contributed by atoms with Gasteiger partial charge in [0.15, 0.2) is 5.84 Å². The van der Waals surface area contributed by atoms with E-state index in [1.807, 2.05) is 18.2 Å². The van der Waals surface area contributed by atoms with Gasteiger partial charge in [-0.1, -0.05) is 37.3 Å². The summed E-state index contributed by atoms with van der Waals surface area (Å²) < 4.78 is 27.8. The van der Waals surface area contributed by atoms with Crippen molar-refractivity contribution in [3.63, 3.8) is 0 Å². The minimum Gasteiger partial charge on any atom is -0.350 e. The Labute approximate surface area is 178 Å². The first-order chi connectivity index (χ1) is 14.4. The van der Waals surface area contributed by atoms with Crippen molar-refractivity contribution in [3.8, 4) is 0 Å². The summed E-state index contributed by atoms with van der Waals surface area (Å²) in [6, 6.07) is 10.3. The molecule has 1 N–H and O–H groups in total. The first-order valence-corrected chi connectivity index (χ1v) is 12.1. The molecule has 4 rings (SSSR count). The number of allylic oxidation sites excluding steroid dienone is 2. The van der Waals surface area contributed by atoms with Crippen LogP contribution in [0.3, 0.4) is 0 Å². The monoisotopic (exact) mass is 428 g/mol. The van der Waals surface area contributed by atoms with Crippen LogP contribution < -0.4 is 5.32 Å². The van der Waals surface area contributed by atoms with Gasteiger partial charge in [0.25, 0.3) is 15.9 Å². The third-order valence-electron chi connectivity index (χ3n) is 6.00. The maximum absolute atomic E-state index is 13.0. The van der Waals surface area contributed by atoms with Crippen LogP contribution in [-0.4, -0.2) is 61.9 Å². The van der Waals surface area contributed by atoms with E-state index in [0.29, 0.717) is 18.7 Å². The molecule has 3 aliphatic rings. The number of amidine groups is 1. The van der Waals surface area contributed by atoms with Gasteiger partial charge in [0.2, 0.25) is 0 Å². The standard InChI is InChI=1S/C22H28N4O3S/c1-17-9-12-25(13-10-17)20(18-6-3-2-4-7-18)16-23-22(27)19-8-5-11-26-14-15-30(28,29)24-21(19)26/h2-8,11,17,20H,9-10,12-16H2,1H3,(H,23,27). The van der Waals surface area contributed by atoms with Crippen LogP contribution in [0.5, 0.6) is 0 Å². The number of sulfonamides is 1. The van der Waals surface area contributed by atoms with Gasteiger partial charge >= 0.3 is 0 Å². The molecule has 30 heavy (non-hydrogen) atoms. The lowest BCUT2D eigenvalue weighted by molar-refractivity contribution is -0.117. The molecule has 1 atom stereocenters. The zero-order chi connectivity index (χ0) is 21.1. The Morgan fingerprint density at radius 1 is 1.20 bits per heavy atom. The fraction of sp³-hybridized carbons (Fsp3) is 0.455. The van der Waals surface area contributed by atoms with Gasteiger partial charge in [-0.15, -0.1) is 4.40 Å². The number of carbonyl (C=O) groups is 1. The molecular formula is C22H28N4O3S. The summed E-state index contributed by atoms with van der Waals surface area (Å²) in [6.45, 7) is 5.05. The fourth-order valence-electron chi connectivity index (χ4n) is 4.15. The summed E-state index contributed by atoms with van der Waals surface area (Å²) in [7, 11) is -3.53. The number of piperidine rings is 1. The van der Waals surface area contributed by atoms with Gasteiger partial charge in [-0.3, -0.25) is 9.69 Å². The Bertz CT molecular complexity index is 977. The molecule has 7 nitrogen and oxygen atoms in total. The number of carbonyl (C=O) groups excluding carboxylic acids is 1. The number of hydrogen-bond acceptors (Lipinski definition) is 5. The minimum absolute atomic E-state index is 0.0425. The number of nitrogens with zero attached hydrogens (tertiary/aromatic N) is 3. The first kappa shape index (κ1) is 20.8. The fourth-order valence-corrected chi connectivity index (χ4v) is 5.14. The van der Waals surface area contributed by atoms with Crippen LogP contribution in [0.4, 0.5) is 0 Å².